The van der Waals surface area contributed by atoms with Gasteiger partial charge in [0.1, 0.15) is 0 Å². The number of fused-ring (bicyclic) bond motifs is 1. The third kappa shape index (κ3) is 1.65. The molecule has 2 amide bonds. The number of rotatable bonds is 2. The minimum atomic E-state index is -0.372. The second-order valence-electron chi connectivity index (χ2n) is 3.73. The largest absolute Gasteiger partial charge is 0.282 e. The van der Waals surface area contributed by atoms with Gasteiger partial charge in [-0.15, -0.1) is 11.3 Å². The molecule has 0 aliphatic carbocycles. The Morgan fingerprint density at radius 1 is 1.00 bits per heavy atom. The monoisotopic (exact) mass is 256 g/mol. The molecule has 1 aromatic heterocycles. The zero-order chi connectivity index (χ0) is 12.5. The molecule has 2 aromatic rings. The summed E-state index contributed by atoms with van der Waals surface area (Å²) in [5.74, 6) is -0.744. The summed E-state index contributed by atoms with van der Waals surface area (Å²) in [6.07, 6.45) is 1.52. The molecule has 0 saturated heterocycles. The van der Waals surface area contributed by atoms with Gasteiger partial charge in [0.05, 0.1) is 17.3 Å². The number of amides is 2. The van der Waals surface area contributed by atoms with Crippen molar-refractivity contribution < 1.29 is 9.59 Å². The highest BCUT2D eigenvalue weighted by molar-refractivity contribution is 7.11. The summed E-state index contributed by atoms with van der Waals surface area (Å²) >= 11 is 1.49. The van der Waals surface area contributed by atoms with Crippen LogP contribution in [0.3, 0.4) is 0 Å². The van der Waals surface area contributed by atoms with Crippen LogP contribution in [-0.4, -0.2) is 23.0 Å². The number of hydrogen-bond donors (Lipinski definition) is 0. The third-order valence-electron chi connectivity index (χ3n) is 2.62. The number of thiophene rings is 1. The van der Waals surface area contributed by atoms with Gasteiger partial charge in [-0.1, -0.05) is 18.2 Å². The van der Waals surface area contributed by atoms with Gasteiger partial charge in [-0.25, -0.2) is 0 Å². The molecule has 0 saturated carbocycles. The van der Waals surface area contributed by atoms with E-state index >= 15 is 0 Å². The highest BCUT2D eigenvalue weighted by Gasteiger charge is 2.35. The van der Waals surface area contributed by atoms with Crippen molar-refractivity contribution in [2.24, 2.45) is 5.10 Å². The van der Waals surface area contributed by atoms with Gasteiger partial charge in [-0.2, -0.15) is 10.1 Å². The quantitative estimate of drug-likeness (QED) is 0.612. The fourth-order valence-corrected chi connectivity index (χ4v) is 2.34. The Morgan fingerprint density at radius 2 is 1.67 bits per heavy atom. The standard InChI is InChI=1S/C13H8N2O2S/c16-12-10-5-1-2-6-11(10)13(17)15(12)14-8-9-4-3-7-18-9/h1-8H/b14-8+. The van der Waals surface area contributed by atoms with Crippen molar-refractivity contribution in [2.45, 2.75) is 0 Å². The van der Waals surface area contributed by atoms with Gasteiger partial charge in [0.25, 0.3) is 11.8 Å². The maximum absolute atomic E-state index is 12.0. The fourth-order valence-electron chi connectivity index (χ4n) is 1.76. The number of imide groups is 1. The van der Waals surface area contributed by atoms with E-state index in [1.807, 2.05) is 17.5 Å². The number of nitrogens with zero attached hydrogens (tertiary/aromatic N) is 2. The molecule has 0 N–H and O–H groups in total. The number of hydrazone groups is 1. The van der Waals surface area contributed by atoms with Gasteiger partial charge < -0.3 is 0 Å². The fraction of sp³-hybridized carbons (Fsp3) is 0. The molecule has 0 bridgehead atoms. The van der Waals surface area contributed by atoms with Crippen LogP contribution < -0.4 is 0 Å². The second kappa shape index (κ2) is 4.19. The SMILES string of the molecule is O=C1c2ccccc2C(=O)N1/N=C/c1cccs1. The maximum atomic E-state index is 12.0. The summed E-state index contributed by atoms with van der Waals surface area (Å²) in [5, 5.41) is 6.78. The Balaban J connectivity index is 1.93. The van der Waals surface area contributed by atoms with Crippen LogP contribution in [0.4, 0.5) is 0 Å². The van der Waals surface area contributed by atoms with Gasteiger partial charge in [-0.3, -0.25) is 9.59 Å². The first-order chi connectivity index (χ1) is 8.77. The molecular weight excluding hydrogens is 248 g/mol. The summed E-state index contributed by atoms with van der Waals surface area (Å²) in [6, 6.07) is 10.5. The maximum Gasteiger partial charge on any atom is 0.282 e. The van der Waals surface area contributed by atoms with Gasteiger partial charge in [0, 0.05) is 4.88 Å². The lowest BCUT2D eigenvalue weighted by atomic mass is 10.1. The molecule has 0 unspecified atom stereocenters. The van der Waals surface area contributed by atoms with Gasteiger partial charge >= 0.3 is 0 Å². The van der Waals surface area contributed by atoms with Gasteiger partial charge in [0.15, 0.2) is 0 Å². The van der Waals surface area contributed by atoms with Gasteiger partial charge in [-0.05, 0) is 23.6 Å². The molecule has 88 valence electrons. The molecule has 1 aliphatic rings. The smallest absolute Gasteiger partial charge is 0.267 e. The number of hydrogen-bond acceptors (Lipinski definition) is 4. The van der Waals surface area contributed by atoms with Crippen LogP contribution in [-0.2, 0) is 0 Å². The first-order valence-corrected chi connectivity index (χ1v) is 6.20. The number of carbonyl (C=O) groups is 2. The lowest BCUT2D eigenvalue weighted by Crippen LogP contribution is -2.23. The first kappa shape index (κ1) is 10.9. The van der Waals surface area contributed by atoms with Crippen molar-refractivity contribution in [3.63, 3.8) is 0 Å². The zero-order valence-corrected chi connectivity index (χ0v) is 10.1. The Labute approximate surface area is 107 Å². The topological polar surface area (TPSA) is 49.7 Å². The number of benzene rings is 1. The Hall–Kier alpha value is -2.27. The van der Waals surface area contributed by atoms with E-state index in [-0.39, 0.29) is 11.8 Å². The molecular formula is C13H8N2O2S. The highest BCUT2D eigenvalue weighted by atomic mass is 32.1. The predicted molar refractivity (Wildman–Crippen MR) is 68.9 cm³/mol. The molecule has 0 atom stereocenters. The molecule has 5 heteroatoms. The van der Waals surface area contributed by atoms with E-state index < -0.39 is 0 Å². The first-order valence-electron chi connectivity index (χ1n) is 5.32. The molecule has 3 rings (SSSR count). The van der Waals surface area contributed by atoms with Crippen LogP contribution in [0.25, 0.3) is 0 Å². The Bertz CT molecular complexity index is 612. The number of carbonyl (C=O) groups excluding carboxylic acids is 2. The van der Waals surface area contributed by atoms with Crippen LogP contribution in [0.1, 0.15) is 25.6 Å². The van der Waals surface area contributed by atoms with E-state index in [1.165, 1.54) is 17.6 Å². The summed E-state index contributed by atoms with van der Waals surface area (Å²) in [4.78, 5) is 24.8. The molecule has 0 radical (unpaired) electrons. The van der Waals surface area contributed by atoms with E-state index in [2.05, 4.69) is 5.10 Å². The molecule has 0 fully saturated rings. The molecule has 1 aromatic carbocycles. The van der Waals surface area contributed by atoms with E-state index in [0.717, 1.165) is 9.89 Å². The minimum absolute atomic E-state index is 0.372. The minimum Gasteiger partial charge on any atom is -0.267 e. The molecule has 2 heterocycles. The van der Waals surface area contributed by atoms with Crippen LogP contribution in [0, 0.1) is 0 Å². The van der Waals surface area contributed by atoms with E-state index in [0.29, 0.717) is 11.1 Å². The predicted octanol–water partition coefficient (Wildman–Crippen LogP) is 2.38. The second-order valence-corrected chi connectivity index (χ2v) is 4.71. The van der Waals surface area contributed by atoms with Crippen molar-refractivity contribution in [1.82, 2.24) is 5.01 Å². The normalized spacial score (nSPS) is 14.6. The van der Waals surface area contributed by atoms with E-state index in [1.54, 1.807) is 24.3 Å². The van der Waals surface area contributed by atoms with E-state index in [9.17, 15) is 9.59 Å². The van der Waals surface area contributed by atoms with Crippen LogP contribution in [0.15, 0.2) is 46.9 Å². The molecule has 0 spiro atoms. The Morgan fingerprint density at radius 3 is 2.22 bits per heavy atom. The third-order valence-corrected chi connectivity index (χ3v) is 3.42. The van der Waals surface area contributed by atoms with Crippen molar-refractivity contribution in [2.75, 3.05) is 0 Å². The van der Waals surface area contributed by atoms with E-state index in [4.69, 9.17) is 0 Å². The highest BCUT2D eigenvalue weighted by Crippen LogP contribution is 2.22. The van der Waals surface area contributed by atoms with Crippen molar-refractivity contribution in [3.8, 4) is 0 Å². The van der Waals surface area contributed by atoms with Crippen molar-refractivity contribution in [3.05, 3.63) is 57.8 Å². The zero-order valence-electron chi connectivity index (χ0n) is 9.24. The van der Waals surface area contributed by atoms with Gasteiger partial charge in [0.2, 0.25) is 0 Å². The molecule has 4 nitrogen and oxygen atoms in total. The Kier molecular flexibility index (Phi) is 2.53. The average Bonchev–Trinajstić information content (AvgIpc) is 2.98. The summed E-state index contributed by atoms with van der Waals surface area (Å²) < 4.78 is 0. The molecule has 18 heavy (non-hydrogen) atoms. The van der Waals surface area contributed by atoms with Crippen LogP contribution in [0.2, 0.25) is 0 Å². The van der Waals surface area contributed by atoms with Crippen molar-refractivity contribution >= 4 is 29.4 Å². The van der Waals surface area contributed by atoms with Crippen LogP contribution in [0.5, 0.6) is 0 Å². The summed E-state index contributed by atoms with van der Waals surface area (Å²) in [6.45, 7) is 0. The molecule has 1 aliphatic heterocycles. The summed E-state index contributed by atoms with van der Waals surface area (Å²) in [5.41, 5.74) is 0.816. The average molecular weight is 256 g/mol. The summed E-state index contributed by atoms with van der Waals surface area (Å²) in [7, 11) is 0. The lowest BCUT2D eigenvalue weighted by molar-refractivity contribution is 0.0660. The lowest BCUT2D eigenvalue weighted by Gasteiger charge is -2.04. The van der Waals surface area contributed by atoms with Crippen LogP contribution >= 0.6 is 11.3 Å². The van der Waals surface area contributed by atoms with Crippen molar-refractivity contribution in [1.29, 1.82) is 0 Å².